The van der Waals surface area contributed by atoms with Gasteiger partial charge in [0, 0.05) is 13.2 Å². The average Bonchev–Trinajstić information content (AvgIpc) is 2.85. The number of halogens is 1. The molecule has 0 aliphatic heterocycles. The molecule has 0 spiro atoms. The number of hydrogen-bond donors (Lipinski definition) is 3. The van der Waals surface area contributed by atoms with E-state index in [4.69, 9.17) is 10.9 Å². The molecule has 0 unspecified atom stereocenters. The molecule has 0 aliphatic rings. The highest BCUT2D eigenvalue weighted by molar-refractivity contribution is 6.09. The van der Waals surface area contributed by atoms with Crippen LogP contribution in [0.5, 0.6) is 0 Å². The van der Waals surface area contributed by atoms with Crippen LogP contribution in [0.2, 0.25) is 0 Å². The van der Waals surface area contributed by atoms with Gasteiger partial charge in [0.2, 0.25) is 0 Å². The molecule has 20 heavy (non-hydrogen) atoms. The van der Waals surface area contributed by atoms with Gasteiger partial charge in [-0.15, -0.1) is 0 Å². The molecule has 1 aromatic heterocycles. The zero-order valence-corrected chi connectivity index (χ0v) is 10.5. The zero-order chi connectivity index (χ0) is 14.7. The molecule has 0 aliphatic carbocycles. The van der Waals surface area contributed by atoms with Crippen LogP contribution in [0.15, 0.2) is 35.6 Å². The lowest BCUT2D eigenvalue weighted by molar-refractivity contribution is 0.102. The summed E-state index contributed by atoms with van der Waals surface area (Å²) in [5.41, 5.74) is 5.48. The molecule has 2 rings (SSSR count). The SMILES string of the molecule is Cn1ccc(C(=O)Nc2cccc(F)c2/C(N)=N/O)n1. The summed E-state index contributed by atoms with van der Waals surface area (Å²) in [6.45, 7) is 0. The maximum absolute atomic E-state index is 13.7. The van der Waals surface area contributed by atoms with Gasteiger partial charge in [-0.25, -0.2) is 4.39 Å². The summed E-state index contributed by atoms with van der Waals surface area (Å²) in [4.78, 5) is 11.9. The molecule has 0 atom stereocenters. The minimum atomic E-state index is -0.709. The molecule has 1 heterocycles. The van der Waals surface area contributed by atoms with Gasteiger partial charge in [-0.2, -0.15) is 5.10 Å². The summed E-state index contributed by atoms with van der Waals surface area (Å²) in [6, 6.07) is 5.50. The molecule has 2 aromatic rings. The molecule has 104 valence electrons. The minimum absolute atomic E-state index is 0.0935. The molecule has 1 amide bonds. The second-order valence-corrected chi connectivity index (χ2v) is 3.98. The van der Waals surface area contributed by atoms with Crippen molar-refractivity contribution in [3.05, 3.63) is 47.5 Å². The Balaban J connectivity index is 2.34. The van der Waals surface area contributed by atoms with Gasteiger partial charge in [0.1, 0.15) is 5.82 Å². The number of aromatic nitrogens is 2. The van der Waals surface area contributed by atoms with E-state index in [-0.39, 0.29) is 16.9 Å². The number of nitrogens with two attached hydrogens (primary N) is 1. The van der Waals surface area contributed by atoms with Crippen molar-refractivity contribution in [1.29, 1.82) is 0 Å². The number of carbonyl (C=O) groups excluding carboxylic acids is 1. The molecule has 0 saturated heterocycles. The first-order valence-electron chi connectivity index (χ1n) is 5.60. The number of amidine groups is 1. The largest absolute Gasteiger partial charge is 0.409 e. The fourth-order valence-corrected chi connectivity index (χ4v) is 1.66. The predicted octanol–water partition coefficient (Wildman–Crippen LogP) is 0.906. The topological polar surface area (TPSA) is 106 Å². The molecule has 1 aromatic carbocycles. The third-order valence-electron chi connectivity index (χ3n) is 2.57. The highest BCUT2D eigenvalue weighted by atomic mass is 19.1. The van der Waals surface area contributed by atoms with Crippen molar-refractivity contribution in [3.63, 3.8) is 0 Å². The van der Waals surface area contributed by atoms with Crippen LogP contribution in [0, 0.1) is 5.82 Å². The predicted molar refractivity (Wildman–Crippen MR) is 70.1 cm³/mol. The van der Waals surface area contributed by atoms with Crippen molar-refractivity contribution in [2.75, 3.05) is 5.32 Å². The monoisotopic (exact) mass is 277 g/mol. The molecular weight excluding hydrogens is 265 g/mol. The van der Waals surface area contributed by atoms with Crippen LogP contribution in [0.25, 0.3) is 0 Å². The lowest BCUT2D eigenvalue weighted by Gasteiger charge is -2.09. The van der Waals surface area contributed by atoms with Crippen molar-refractivity contribution >= 4 is 17.4 Å². The second kappa shape index (κ2) is 5.39. The first-order chi connectivity index (χ1) is 9.52. The van der Waals surface area contributed by atoms with E-state index in [2.05, 4.69) is 15.6 Å². The van der Waals surface area contributed by atoms with Gasteiger partial charge >= 0.3 is 0 Å². The van der Waals surface area contributed by atoms with E-state index in [1.165, 1.54) is 22.9 Å². The summed E-state index contributed by atoms with van der Waals surface area (Å²) >= 11 is 0. The van der Waals surface area contributed by atoms with Crippen LogP contribution in [-0.2, 0) is 7.05 Å². The van der Waals surface area contributed by atoms with Gasteiger partial charge in [-0.3, -0.25) is 9.48 Å². The van der Waals surface area contributed by atoms with E-state index in [1.807, 2.05) is 0 Å². The third-order valence-corrected chi connectivity index (χ3v) is 2.57. The van der Waals surface area contributed by atoms with Gasteiger partial charge in [0.25, 0.3) is 5.91 Å². The van der Waals surface area contributed by atoms with Crippen LogP contribution in [0.3, 0.4) is 0 Å². The van der Waals surface area contributed by atoms with Crippen molar-refractivity contribution in [1.82, 2.24) is 9.78 Å². The highest BCUT2D eigenvalue weighted by Gasteiger charge is 2.16. The molecule has 8 heteroatoms. The Labute approximate surface area is 113 Å². The summed E-state index contributed by atoms with van der Waals surface area (Å²) < 4.78 is 15.2. The maximum atomic E-state index is 13.7. The number of nitrogens with one attached hydrogen (secondary N) is 1. The molecule has 0 fully saturated rings. The van der Waals surface area contributed by atoms with E-state index in [0.29, 0.717) is 0 Å². The van der Waals surface area contributed by atoms with E-state index in [9.17, 15) is 9.18 Å². The molecule has 4 N–H and O–H groups in total. The average molecular weight is 277 g/mol. The number of nitrogens with zero attached hydrogens (tertiary/aromatic N) is 3. The Morgan fingerprint density at radius 3 is 2.85 bits per heavy atom. The lowest BCUT2D eigenvalue weighted by Crippen LogP contribution is -2.21. The molecule has 0 radical (unpaired) electrons. The summed E-state index contributed by atoms with van der Waals surface area (Å²) in [5, 5.41) is 17.8. The molecular formula is C12H12FN5O2. The fraction of sp³-hybridized carbons (Fsp3) is 0.0833. The Hall–Kier alpha value is -2.90. The van der Waals surface area contributed by atoms with E-state index in [1.54, 1.807) is 13.2 Å². The number of aryl methyl sites for hydroxylation is 1. The Morgan fingerprint density at radius 2 is 2.25 bits per heavy atom. The number of hydrogen-bond acceptors (Lipinski definition) is 4. The third kappa shape index (κ3) is 2.58. The Kier molecular flexibility index (Phi) is 3.65. The number of anilines is 1. The van der Waals surface area contributed by atoms with Crippen molar-refractivity contribution in [2.24, 2.45) is 17.9 Å². The number of rotatable bonds is 3. The number of oxime groups is 1. The zero-order valence-electron chi connectivity index (χ0n) is 10.5. The minimum Gasteiger partial charge on any atom is -0.409 e. The number of carbonyl (C=O) groups is 1. The number of benzene rings is 1. The van der Waals surface area contributed by atoms with Gasteiger partial charge in [0.05, 0.1) is 11.3 Å². The van der Waals surface area contributed by atoms with Crippen molar-refractivity contribution in [3.8, 4) is 0 Å². The van der Waals surface area contributed by atoms with Crippen LogP contribution < -0.4 is 11.1 Å². The first-order valence-corrected chi connectivity index (χ1v) is 5.60. The molecule has 0 saturated carbocycles. The van der Waals surface area contributed by atoms with E-state index < -0.39 is 17.6 Å². The normalized spacial score (nSPS) is 11.4. The van der Waals surface area contributed by atoms with Crippen LogP contribution >= 0.6 is 0 Å². The number of amides is 1. The fourth-order valence-electron chi connectivity index (χ4n) is 1.66. The molecule has 7 nitrogen and oxygen atoms in total. The maximum Gasteiger partial charge on any atom is 0.276 e. The van der Waals surface area contributed by atoms with Gasteiger partial charge < -0.3 is 16.3 Å². The first kappa shape index (κ1) is 13.5. The Morgan fingerprint density at radius 1 is 1.50 bits per heavy atom. The summed E-state index contributed by atoms with van der Waals surface area (Å²) in [5.74, 6) is -1.67. The smallest absolute Gasteiger partial charge is 0.276 e. The lowest BCUT2D eigenvalue weighted by atomic mass is 10.1. The van der Waals surface area contributed by atoms with E-state index >= 15 is 0 Å². The Bertz CT molecular complexity index is 680. The van der Waals surface area contributed by atoms with Crippen LogP contribution in [-0.4, -0.2) is 26.7 Å². The summed E-state index contributed by atoms with van der Waals surface area (Å²) in [7, 11) is 1.67. The highest BCUT2D eigenvalue weighted by Crippen LogP contribution is 2.19. The van der Waals surface area contributed by atoms with E-state index in [0.717, 1.165) is 6.07 Å². The van der Waals surface area contributed by atoms with Crippen LogP contribution in [0.1, 0.15) is 16.1 Å². The standard InChI is InChI=1S/C12H12FN5O2/c1-18-6-5-9(16-18)12(19)15-8-4-2-3-7(13)10(8)11(14)17-20/h2-6,20H,1H3,(H2,14,17)(H,15,19). The van der Waals surface area contributed by atoms with Crippen molar-refractivity contribution in [2.45, 2.75) is 0 Å². The van der Waals surface area contributed by atoms with Crippen molar-refractivity contribution < 1.29 is 14.4 Å². The van der Waals surface area contributed by atoms with Gasteiger partial charge in [0.15, 0.2) is 11.5 Å². The van der Waals surface area contributed by atoms with Crippen LogP contribution in [0.4, 0.5) is 10.1 Å². The second-order valence-electron chi connectivity index (χ2n) is 3.98. The molecule has 0 bridgehead atoms. The summed E-state index contributed by atoms with van der Waals surface area (Å²) in [6.07, 6.45) is 1.60. The van der Waals surface area contributed by atoms with Gasteiger partial charge in [-0.1, -0.05) is 11.2 Å². The van der Waals surface area contributed by atoms with Gasteiger partial charge in [-0.05, 0) is 18.2 Å². The quantitative estimate of drug-likeness (QED) is 0.335.